The topological polar surface area (TPSA) is 38.1 Å². The number of rotatable bonds is 7. The van der Waals surface area contributed by atoms with E-state index in [1.807, 2.05) is 49.5 Å². The number of carbonyl (C=O) groups is 1. The fourth-order valence-corrected chi connectivity index (χ4v) is 3.38. The Morgan fingerprint density at radius 1 is 1.15 bits per heavy atom. The number of amides is 1. The van der Waals surface area contributed by atoms with Crippen LogP contribution in [0.2, 0.25) is 5.02 Å². The summed E-state index contributed by atoms with van der Waals surface area (Å²) in [5.41, 5.74) is 3.05. The number of para-hydroxylation sites is 2. The summed E-state index contributed by atoms with van der Waals surface area (Å²) in [6.45, 7) is 3.48. The van der Waals surface area contributed by atoms with Crippen LogP contribution in [0.1, 0.15) is 31.2 Å². The minimum atomic E-state index is 0.160. The van der Waals surface area contributed by atoms with Crippen LogP contribution in [0.15, 0.2) is 48.5 Å². The number of benzene rings is 2. The van der Waals surface area contributed by atoms with E-state index in [2.05, 4.69) is 17.6 Å². The number of hydrogen-bond acceptors (Lipinski definition) is 2. The molecule has 3 aromatic rings. The molecule has 3 rings (SSSR count). The first-order chi connectivity index (χ1) is 12.6. The minimum absolute atomic E-state index is 0.160. The molecule has 26 heavy (non-hydrogen) atoms. The van der Waals surface area contributed by atoms with Crippen LogP contribution in [-0.2, 0) is 17.8 Å². The van der Waals surface area contributed by atoms with E-state index in [-0.39, 0.29) is 5.91 Å². The zero-order valence-electron chi connectivity index (χ0n) is 15.3. The van der Waals surface area contributed by atoms with Gasteiger partial charge in [-0.1, -0.05) is 48.9 Å². The van der Waals surface area contributed by atoms with E-state index in [1.54, 1.807) is 4.90 Å². The number of nitrogens with zero attached hydrogens (tertiary/aromatic N) is 3. The molecule has 136 valence electrons. The van der Waals surface area contributed by atoms with Crippen molar-refractivity contribution in [1.29, 1.82) is 0 Å². The molecule has 0 N–H and O–H groups in total. The van der Waals surface area contributed by atoms with Crippen molar-refractivity contribution >= 4 is 28.5 Å². The molecule has 0 fully saturated rings. The minimum Gasteiger partial charge on any atom is -0.346 e. The molecule has 0 saturated heterocycles. The molecule has 0 radical (unpaired) electrons. The fourth-order valence-electron chi connectivity index (χ4n) is 3.18. The van der Waals surface area contributed by atoms with Gasteiger partial charge in [-0.2, -0.15) is 0 Å². The predicted octanol–water partition coefficient (Wildman–Crippen LogP) is 4.54. The number of aryl methyl sites for hydroxylation is 1. The molecule has 0 atom stereocenters. The summed E-state index contributed by atoms with van der Waals surface area (Å²) in [5, 5.41) is 0.741. The number of aromatic nitrogens is 2. The summed E-state index contributed by atoms with van der Waals surface area (Å²) >= 11 is 6.33. The van der Waals surface area contributed by atoms with Crippen LogP contribution in [0, 0.1) is 0 Å². The Kier molecular flexibility index (Phi) is 5.94. The van der Waals surface area contributed by atoms with E-state index < -0.39 is 0 Å². The van der Waals surface area contributed by atoms with Gasteiger partial charge in [0.05, 0.1) is 11.0 Å². The Hall–Kier alpha value is -2.33. The lowest BCUT2D eigenvalue weighted by Crippen LogP contribution is -2.28. The molecule has 1 amide bonds. The van der Waals surface area contributed by atoms with E-state index in [9.17, 15) is 4.79 Å². The van der Waals surface area contributed by atoms with Gasteiger partial charge in [-0.3, -0.25) is 4.79 Å². The molecular formula is C21H24ClN3O. The van der Waals surface area contributed by atoms with Crippen molar-refractivity contribution in [3.63, 3.8) is 0 Å². The molecule has 0 aliphatic heterocycles. The smallest absolute Gasteiger partial charge is 0.224 e. The predicted molar refractivity (Wildman–Crippen MR) is 107 cm³/mol. The summed E-state index contributed by atoms with van der Waals surface area (Å²) in [4.78, 5) is 18.9. The third-order valence-corrected chi connectivity index (χ3v) is 4.94. The van der Waals surface area contributed by atoms with Crippen molar-refractivity contribution in [1.82, 2.24) is 14.5 Å². The van der Waals surface area contributed by atoms with E-state index in [4.69, 9.17) is 16.6 Å². The van der Waals surface area contributed by atoms with Crippen LogP contribution in [0.25, 0.3) is 11.0 Å². The molecular weight excluding hydrogens is 346 g/mol. The van der Waals surface area contributed by atoms with Gasteiger partial charge in [0.25, 0.3) is 0 Å². The molecule has 1 heterocycles. The highest BCUT2D eigenvalue weighted by molar-refractivity contribution is 6.31. The number of fused-ring (bicyclic) bond motifs is 1. The molecule has 0 spiro atoms. The van der Waals surface area contributed by atoms with Gasteiger partial charge in [-0.25, -0.2) is 4.98 Å². The third kappa shape index (κ3) is 4.07. The van der Waals surface area contributed by atoms with Crippen LogP contribution in [-0.4, -0.2) is 34.0 Å². The van der Waals surface area contributed by atoms with Crippen molar-refractivity contribution in [3.05, 3.63) is 64.9 Å². The van der Waals surface area contributed by atoms with Crippen LogP contribution in [0.5, 0.6) is 0 Å². The van der Waals surface area contributed by atoms with Crippen LogP contribution >= 0.6 is 11.6 Å². The van der Waals surface area contributed by atoms with E-state index in [0.717, 1.165) is 40.4 Å². The lowest BCUT2D eigenvalue weighted by molar-refractivity contribution is -0.130. The first-order valence-electron chi connectivity index (χ1n) is 9.01. The second-order valence-electron chi connectivity index (χ2n) is 6.50. The Bertz CT molecular complexity index is 903. The summed E-state index contributed by atoms with van der Waals surface area (Å²) in [7, 11) is 1.86. The molecule has 2 aromatic carbocycles. The maximum Gasteiger partial charge on any atom is 0.224 e. The largest absolute Gasteiger partial charge is 0.346 e. The second-order valence-corrected chi connectivity index (χ2v) is 6.91. The van der Waals surface area contributed by atoms with E-state index in [1.165, 1.54) is 0 Å². The molecule has 0 bridgehead atoms. The molecule has 5 heteroatoms. The van der Waals surface area contributed by atoms with Crippen molar-refractivity contribution in [3.8, 4) is 0 Å². The van der Waals surface area contributed by atoms with Crippen molar-refractivity contribution < 1.29 is 4.79 Å². The molecule has 4 nitrogen and oxygen atoms in total. The molecule has 0 aliphatic rings. The molecule has 0 saturated carbocycles. The number of carbonyl (C=O) groups excluding carboxylic acids is 1. The lowest BCUT2D eigenvalue weighted by atomic mass is 10.1. The highest BCUT2D eigenvalue weighted by Crippen LogP contribution is 2.22. The number of imidazole rings is 1. The Labute approximate surface area is 159 Å². The fraction of sp³-hybridized carbons (Fsp3) is 0.333. The van der Waals surface area contributed by atoms with Crippen LogP contribution < -0.4 is 0 Å². The van der Waals surface area contributed by atoms with Crippen LogP contribution in [0.4, 0.5) is 0 Å². The monoisotopic (exact) mass is 369 g/mol. The van der Waals surface area contributed by atoms with E-state index in [0.29, 0.717) is 19.4 Å². The van der Waals surface area contributed by atoms with Gasteiger partial charge >= 0.3 is 0 Å². The van der Waals surface area contributed by atoms with Gasteiger partial charge in [-0.15, -0.1) is 0 Å². The summed E-state index contributed by atoms with van der Waals surface area (Å²) < 4.78 is 2.15. The number of halogens is 1. The van der Waals surface area contributed by atoms with Crippen molar-refractivity contribution in [2.24, 2.45) is 0 Å². The average Bonchev–Trinajstić information content (AvgIpc) is 2.99. The van der Waals surface area contributed by atoms with Gasteiger partial charge in [0, 0.05) is 38.0 Å². The third-order valence-electron chi connectivity index (χ3n) is 4.57. The Balaban J connectivity index is 1.88. The average molecular weight is 370 g/mol. The second kappa shape index (κ2) is 8.37. The highest BCUT2D eigenvalue weighted by Gasteiger charge is 2.15. The summed E-state index contributed by atoms with van der Waals surface area (Å²) in [5.74, 6) is 1.10. The van der Waals surface area contributed by atoms with Crippen molar-refractivity contribution in [2.45, 2.75) is 32.7 Å². The first kappa shape index (κ1) is 18.5. The standard InChI is InChI=1S/C21H24ClN3O/c1-3-13-24(2)21(26)12-14-25-19-11-7-6-10-18(19)23-20(25)15-16-8-4-5-9-17(16)22/h4-11H,3,12-15H2,1-2H3. The van der Waals surface area contributed by atoms with Gasteiger partial charge in [-0.05, 0) is 30.2 Å². The van der Waals surface area contributed by atoms with Gasteiger partial charge < -0.3 is 9.47 Å². The Morgan fingerprint density at radius 3 is 2.65 bits per heavy atom. The Morgan fingerprint density at radius 2 is 1.88 bits per heavy atom. The van der Waals surface area contributed by atoms with Gasteiger partial charge in [0.2, 0.25) is 5.91 Å². The van der Waals surface area contributed by atoms with Crippen molar-refractivity contribution in [2.75, 3.05) is 13.6 Å². The van der Waals surface area contributed by atoms with Gasteiger partial charge in [0.1, 0.15) is 5.82 Å². The van der Waals surface area contributed by atoms with Crippen LogP contribution in [0.3, 0.4) is 0 Å². The lowest BCUT2D eigenvalue weighted by Gasteiger charge is -2.17. The zero-order chi connectivity index (χ0) is 18.5. The molecule has 0 aliphatic carbocycles. The zero-order valence-corrected chi connectivity index (χ0v) is 16.0. The quantitative estimate of drug-likeness (QED) is 0.613. The van der Waals surface area contributed by atoms with Gasteiger partial charge in [0.15, 0.2) is 0 Å². The maximum absolute atomic E-state index is 12.4. The summed E-state index contributed by atoms with van der Waals surface area (Å²) in [6, 6.07) is 15.9. The first-order valence-corrected chi connectivity index (χ1v) is 9.39. The molecule has 0 unspecified atom stereocenters. The number of hydrogen-bond donors (Lipinski definition) is 0. The SMILES string of the molecule is CCCN(C)C(=O)CCn1c(Cc2ccccc2Cl)nc2ccccc21. The normalized spacial score (nSPS) is 11.0. The molecule has 1 aromatic heterocycles. The van der Waals surface area contributed by atoms with E-state index >= 15 is 0 Å². The maximum atomic E-state index is 12.4. The summed E-state index contributed by atoms with van der Waals surface area (Å²) in [6.07, 6.45) is 2.08. The highest BCUT2D eigenvalue weighted by atomic mass is 35.5.